The van der Waals surface area contributed by atoms with Gasteiger partial charge in [-0.3, -0.25) is 4.90 Å². The fraction of sp³-hybridized carbons (Fsp3) is 0.350. The number of aromatic nitrogens is 1. The quantitative estimate of drug-likeness (QED) is 0.685. The molecule has 0 aliphatic carbocycles. The molecule has 0 amide bonds. The number of halogens is 1. The van der Waals surface area contributed by atoms with E-state index in [4.69, 9.17) is 4.42 Å². The Bertz CT molecular complexity index is 794. The lowest BCUT2D eigenvalue weighted by Crippen LogP contribution is -2.36. The molecular weight excluding hydrogens is 303 g/mol. The molecule has 1 fully saturated rings. The molecule has 124 valence electrons. The third-order valence-corrected chi connectivity index (χ3v) is 5.01. The lowest BCUT2D eigenvalue weighted by molar-refractivity contribution is 0.149. The summed E-state index contributed by atoms with van der Waals surface area (Å²) in [6.45, 7) is 4.16. The van der Waals surface area contributed by atoms with Crippen molar-refractivity contribution in [3.05, 3.63) is 65.8 Å². The van der Waals surface area contributed by atoms with E-state index in [-0.39, 0.29) is 11.9 Å². The van der Waals surface area contributed by atoms with E-state index in [1.807, 2.05) is 36.4 Å². The number of oxazole rings is 1. The normalized spacial score (nSPS) is 20.3. The highest BCUT2D eigenvalue weighted by Gasteiger charge is 2.28. The first-order chi connectivity index (χ1) is 11.7. The van der Waals surface area contributed by atoms with Gasteiger partial charge >= 0.3 is 0 Å². The predicted octanol–water partition coefficient (Wildman–Crippen LogP) is 4.91. The van der Waals surface area contributed by atoms with Crippen LogP contribution in [0.3, 0.4) is 0 Å². The number of rotatable bonds is 3. The van der Waals surface area contributed by atoms with E-state index < -0.39 is 0 Å². The zero-order valence-electron chi connectivity index (χ0n) is 13.8. The molecule has 2 heterocycles. The smallest absolute Gasteiger partial charge is 0.199 e. The molecule has 0 saturated carbocycles. The number of benzene rings is 2. The van der Waals surface area contributed by atoms with Crippen molar-refractivity contribution in [1.82, 2.24) is 9.88 Å². The summed E-state index contributed by atoms with van der Waals surface area (Å²) in [6.07, 6.45) is 2.22. The maximum atomic E-state index is 13.1. The molecule has 24 heavy (non-hydrogen) atoms. The number of para-hydroxylation sites is 2. The van der Waals surface area contributed by atoms with E-state index in [0.29, 0.717) is 5.92 Å². The van der Waals surface area contributed by atoms with Crippen LogP contribution in [0.25, 0.3) is 11.1 Å². The van der Waals surface area contributed by atoms with Gasteiger partial charge in [0.05, 0.1) is 0 Å². The van der Waals surface area contributed by atoms with Crippen LogP contribution in [-0.2, 0) is 0 Å². The van der Waals surface area contributed by atoms with Gasteiger partial charge in [-0.25, -0.2) is 9.37 Å². The maximum Gasteiger partial charge on any atom is 0.199 e. The van der Waals surface area contributed by atoms with Crippen molar-refractivity contribution < 1.29 is 8.81 Å². The van der Waals surface area contributed by atoms with Gasteiger partial charge in [-0.1, -0.05) is 24.3 Å². The number of likely N-dealkylation sites (tertiary alicyclic amines) is 1. The zero-order chi connectivity index (χ0) is 16.5. The Morgan fingerprint density at radius 2 is 1.96 bits per heavy atom. The van der Waals surface area contributed by atoms with Crippen LogP contribution >= 0.6 is 0 Å². The molecule has 1 aliphatic rings. The van der Waals surface area contributed by atoms with Gasteiger partial charge < -0.3 is 4.42 Å². The SMILES string of the molecule is CC(c1ccc(F)cc1)N1CCCC(c2nc3ccccc3o2)C1. The van der Waals surface area contributed by atoms with Gasteiger partial charge in [-0.2, -0.15) is 0 Å². The largest absolute Gasteiger partial charge is 0.440 e. The number of fused-ring (bicyclic) bond motifs is 1. The van der Waals surface area contributed by atoms with Crippen LogP contribution in [0.2, 0.25) is 0 Å². The van der Waals surface area contributed by atoms with Gasteiger partial charge in [-0.15, -0.1) is 0 Å². The fourth-order valence-electron chi connectivity index (χ4n) is 3.58. The van der Waals surface area contributed by atoms with E-state index in [1.54, 1.807) is 0 Å². The molecule has 0 spiro atoms. The Balaban J connectivity index is 1.53. The van der Waals surface area contributed by atoms with Crippen molar-refractivity contribution in [1.29, 1.82) is 0 Å². The van der Waals surface area contributed by atoms with Crippen molar-refractivity contribution in [3.8, 4) is 0 Å². The Labute approximate surface area is 141 Å². The number of hydrogen-bond acceptors (Lipinski definition) is 3. The molecule has 4 rings (SSSR count). The second-order valence-electron chi connectivity index (χ2n) is 6.58. The highest BCUT2D eigenvalue weighted by molar-refractivity contribution is 5.72. The Hall–Kier alpha value is -2.20. The second kappa shape index (κ2) is 6.36. The standard InChI is InChI=1S/C20H21FN2O/c1-14(15-8-10-17(21)11-9-15)23-12-4-5-16(13-23)20-22-18-6-2-3-7-19(18)24-20/h2-3,6-11,14,16H,4-5,12-13H2,1H3. The molecule has 2 atom stereocenters. The Morgan fingerprint density at radius 1 is 1.17 bits per heavy atom. The van der Waals surface area contributed by atoms with E-state index in [1.165, 1.54) is 12.1 Å². The first kappa shape index (κ1) is 15.3. The summed E-state index contributed by atoms with van der Waals surface area (Å²) in [6, 6.07) is 15.0. The van der Waals surface area contributed by atoms with Crippen molar-refractivity contribution in [3.63, 3.8) is 0 Å². The van der Waals surface area contributed by atoms with Crippen LogP contribution in [0, 0.1) is 5.82 Å². The van der Waals surface area contributed by atoms with Crippen LogP contribution in [0.4, 0.5) is 4.39 Å². The average Bonchev–Trinajstić information content (AvgIpc) is 3.06. The van der Waals surface area contributed by atoms with Crippen LogP contribution in [0.15, 0.2) is 52.9 Å². The highest BCUT2D eigenvalue weighted by atomic mass is 19.1. The third-order valence-electron chi connectivity index (χ3n) is 5.01. The molecule has 0 bridgehead atoms. The van der Waals surface area contributed by atoms with Gasteiger partial charge in [0.1, 0.15) is 11.3 Å². The molecule has 1 aliphatic heterocycles. The first-order valence-corrected chi connectivity index (χ1v) is 8.56. The molecule has 3 aromatic rings. The van der Waals surface area contributed by atoms with Gasteiger partial charge in [0.15, 0.2) is 11.5 Å². The van der Waals surface area contributed by atoms with Crippen LogP contribution in [-0.4, -0.2) is 23.0 Å². The van der Waals surface area contributed by atoms with Gasteiger partial charge in [0.25, 0.3) is 0 Å². The minimum absolute atomic E-state index is 0.186. The van der Waals surface area contributed by atoms with E-state index >= 15 is 0 Å². The summed E-state index contributed by atoms with van der Waals surface area (Å²) in [5, 5.41) is 0. The second-order valence-corrected chi connectivity index (χ2v) is 6.58. The summed E-state index contributed by atoms with van der Waals surface area (Å²) < 4.78 is 19.1. The molecule has 4 heteroatoms. The maximum absolute atomic E-state index is 13.1. The molecule has 3 nitrogen and oxygen atoms in total. The summed E-state index contributed by atoms with van der Waals surface area (Å²) in [5.74, 6) is 0.968. The molecule has 2 unspecified atom stereocenters. The molecule has 0 N–H and O–H groups in total. The van der Waals surface area contributed by atoms with E-state index in [0.717, 1.165) is 48.5 Å². The predicted molar refractivity (Wildman–Crippen MR) is 92.4 cm³/mol. The summed E-state index contributed by atoms with van der Waals surface area (Å²) in [7, 11) is 0. The summed E-state index contributed by atoms with van der Waals surface area (Å²) in [4.78, 5) is 7.11. The van der Waals surface area contributed by atoms with E-state index in [9.17, 15) is 4.39 Å². The van der Waals surface area contributed by atoms with E-state index in [2.05, 4.69) is 16.8 Å². The fourth-order valence-corrected chi connectivity index (χ4v) is 3.58. The Kier molecular flexibility index (Phi) is 4.07. The summed E-state index contributed by atoms with van der Waals surface area (Å²) in [5.41, 5.74) is 2.93. The van der Waals surface area contributed by atoms with Crippen molar-refractivity contribution in [2.45, 2.75) is 31.7 Å². The third kappa shape index (κ3) is 2.94. The monoisotopic (exact) mass is 324 g/mol. The minimum atomic E-state index is -0.186. The van der Waals surface area contributed by atoms with Gasteiger partial charge in [0.2, 0.25) is 0 Å². The average molecular weight is 324 g/mol. The van der Waals surface area contributed by atoms with Gasteiger partial charge in [-0.05, 0) is 56.1 Å². The first-order valence-electron chi connectivity index (χ1n) is 8.56. The molecule has 1 saturated heterocycles. The van der Waals surface area contributed by atoms with Crippen molar-refractivity contribution in [2.24, 2.45) is 0 Å². The van der Waals surface area contributed by atoms with Crippen LogP contribution in [0.1, 0.15) is 43.2 Å². The molecule has 2 aromatic carbocycles. The van der Waals surface area contributed by atoms with Gasteiger partial charge in [0, 0.05) is 18.5 Å². The summed E-state index contributed by atoms with van der Waals surface area (Å²) >= 11 is 0. The lowest BCUT2D eigenvalue weighted by Gasteiger charge is -2.36. The zero-order valence-corrected chi connectivity index (χ0v) is 13.8. The Morgan fingerprint density at radius 3 is 2.75 bits per heavy atom. The number of piperidine rings is 1. The highest BCUT2D eigenvalue weighted by Crippen LogP contribution is 2.33. The van der Waals surface area contributed by atoms with Crippen LogP contribution in [0.5, 0.6) is 0 Å². The van der Waals surface area contributed by atoms with Crippen molar-refractivity contribution >= 4 is 11.1 Å². The molecular formula is C20H21FN2O. The number of hydrogen-bond donors (Lipinski definition) is 0. The topological polar surface area (TPSA) is 29.3 Å². The number of nitrogens with zero attached hydrogens (tertiary/aromatic N) is 2. The van der Waals surface area contributed by atoms with Crippen LogP contribution < -0.4 is 0 Å². The van der Waals surface area contributed by atoms with Crippen molar-refractivity contribution in [2.75, 3.05) is 13.1 Å². The minimum Gasteiger partial charge on any atom is -0.440 e. The molecule has 1 aromatic heterocycles. The lowest BCUT2D eigenvalue weighted by atomic mass is 9.95. The molecule has 0 radical (unpaired) electrons.